The standard InChI is InChI=1S/C8H15N3S/c1-4-5-6-11(3)8-9-7(2)10-12-8/h4-6H2,1-3H3. The summed E-state index contributed by atoms with van der Waals surface area (Å²) in [5, 5.41) is 1.03. The van der Waals surface area contributed by atoms with Gasteiger partial charge in [-0.25, -0.2) is 4.98 Å². The van der Waals surface area contributed by atoms with Crippen LogP contribution in [0.2, 0.25) is 0 Å². The van der Waals surface area contributed by atoms with Crippen molar-refractivity contribution in [2.75, 3.05) is 18.5 Å². The number of aryl methyl sites for hydroxylation is 1. The van der Waals surface area contributed by atoms with Gasteiger partial charge >= 0.3 is 0 Å². The van der Waals surface area contributed by atoms with Gasteiger partial charge in [-0.05, 0) is 13.3 Å². The van der Waals surface area contributed by atoms with E-state index in [1.54, 1.807) is 0 Å². The number of rotatable bonds is 4. The average Bonchev–Trinajstić information content (AvgIpc) is 2.47. The summed E-state index contributed by atoms with van der Waals surface area (Å²) >= 11 is 1.47. The predicted molar refractivity (Wildman–Crippen MR) is 52.8 cm³/mol. The molecule has 0 N–H and O–H groups in total. The first-order valence-electron chi connectivity index (χ1n) is 4.25. The van der Waals surface area contributed by atoms with Crippen LogP contribution in [0.3, 0.4) is 0 Å². The fourth-order valence-electron chi connectivity index (χ4n) is 0.932. The normalized spacial score (nSPS) is 10.2. The summed E-state index contributed by atoms with van der Waals surface area (Å²) in [6.45, 7) is 5.19. The highest BCUT2D eigenvalue weighted by Gasteiger charge is 2.04. The van der Waals surface area contributed by atoms with E-state index in [1.807, 2.05) is 6.92 Å². The smallest absolute Gasteiger partial charge is 0.204 e. The third kappa shape index (κ3) is 2.44. The van der Waals surface area contributed by atoms with Crippen molar-refractivity contribution in [1.82, 2.24) is 9.36 Å². The van der Waals surface area contributed by atoms with Crippen LogP contribution in [0, 0.1) is 6.92 Å². The SMILES string of the molecule is CCCCN(C)c1nc(C)ns1. The molecule has 4 heteroatoms. The Labute approximate surface area is 77.6 Å². The lowest BCUT2D eigenvalue weighted by Crippen LogP contribution is -2.17. The lowest BCUT2D eigenvalue weighted by atomic mass is 10.3. The van der Waals surface area contributed by atoms with Gasteiger partial charge in [-0.15, -0.1) is 0 Å². The van der Waals surface area contributed by atoms with Crippen LogP contribution >= 0.6 is 11.5 Å². The minimum absolute atomic E-state index is 0.873. The van der Waals surface area contributed by atoms with Crippen LogP contribution in [0.4, 0.5) is 5.13 Å². The van der Waals surface area contributed by atoms with Gasteiger partial charge in [0, 0.05) is 25.1 Å². The van der Waals surface area contributed by atoms with Crippen molar-refractivity contribution in [3.63, 3.8) is 0 Å². The van der Waals surface area contributed by atoms with Crippen molar-refractivity contribution in [3.8, 4) is 0 Å². The molecule has 0 aliphatic rings. The molecule has 0 saturated heterocycles. The number of hydrogen-bond donors (Lipinski definition) is 0. The van der Waals surface area contributed by atoms with Gasteiger partial charge in [-0.2, -0.15) is 4.37 Å². The maximum atomic E-state index is 4.30. The van der Waals surface area contributed by atoms with Crippen molar-refractivity contribution in [3.05, 3.63) is 5.82 Å². The molecule has 3 nitrogen and oxygen atoms in total. The molecular weight excluding hydrogens is 170 g/mol. The second kappa shape index (κ2) is 4.40. The van der Waals surface area contributed by atoms with Gasteiger partial charge in [0.1, 0.15) is 5.82 Å². The molecule has 1 heterocycles. The Morgan fingerprint density at radius 1 is 1.50 bits per heavy atom. The molecule has 0 amide bonds. The molecule has 1 aromatic heterocycles. The lowest BCUT2D eigenvalue weighted by Gasteiger charge is -2.13. The highest BCUT2D eigenvalue weighted by Crippen LogP contribution is 2.15. The maximum absolute atomic E-state index is 4.30. The molecule has 0 unspecified atom stereocenters. The molecule has 0 atom stereocenters. The summed E-state index contributed by atoms with van der Waals surface area (Å²) in [4.78, 5) is 6.46. The van der Waals surface area contributed by atoms with Gasteiger partial charge in [-0.3, -0.25) is 0 Å². The molecule has 0 aromatic carbocycles. The number of aromatic nitrogens is 2. The summed E-state index contributed by atoms with van der Waals surface area (Å²) in [5.41, 5.74) is 0. The molecule has 0 fully saturated rings. The fraction of sp³-hybridized carbons (Fsp3) is 0.750. The molecule has 1 aromatic rings. The Morgan fingerprint density at radius 2 is 2.25 bits per heavy atom. The van der Waals surface area contributed by atoms with Gasteiger partial charge in [-0.1, -0.05) is 13.3 Å². The third-order valence-electron chi connectivity index (χ3n) is 1.69. The van der Waals surface area contributed by atoms with E-state index >= 15 is 0 Å². The zero-order chi connectivity index (χ0) is 8.97. The van der Waals surface area contributed by atoms with Crippen LogP contribution < -0.4 is 4.90 Å². The van der Waals surface area contributed by atoms with E-state index in [0.29, 0.717) is 0 Å². The topological polar surface area (TPSA) is 29.0 Å². The van der Waals surface area contributed by atoms with Crippen molar-refractivity contribution in [2.24, 2.45) is 0 Å². The summed E-state index contributed by atoms with van der Waals surface area (Å²) < 4.78 is 4.13. The molecule has 12 heavy (non-hydrogen) atoms. The Kier molecular flexibility index (Phi) is 3.47. The first-order valence-corrected chi connectivity index (χ1v) is 5.03. The molecule has 0 bridgehead atoms. The summed E-state index contributed by atoms with van der Waals surface area (Å²) in [7, 11) is 2.07. The Balaban J connectivity index is 2.47. The van der Waals surface area contributed by atoms with E-state index in [2.05, 4.69) is 28.2 Å². The van der Waals surface area contributed by atoms with Crippen LogP contribution in [0.1, 0.15) is 25.6 Å². The largest absolute Gasteiger partial charge is 0.350 e. The van der Waals surface area contributed by atoms with Crippen LogP contribution in [0.5, 0.6) is 0 Å². The Hall–Kier alpha value is -0.640. The minimum Gasteiger partial charge on any atom is -0.350 e. The highest BCUT2D eigenvalue weighted by molar-refractivity contribution is 7.09. The van der Waals surface area contributed by atoms with Crippen molar-refractivity contribution >= 4 is 16.7 Å². The van der Waals surface area contributed by atoms with Crippen molar-refractivity contribution in [1.29, 1.82) is 0 Å². The van der Waals surface area contributed by atoms with E-state index in [9.17, 15) is 0 Å². The molecule has 0 radical (unpaired) electrons. The number of anilines is 1. The van der Waals surface area contributed by atoms with Crippen molar-refractivity contribution in [2.45, 2.75) is 26.7 Å². The van der Waals surface area contributed by atoms with E-state index in [0.717, 1.165) is 17.5 Å². The zero-order valence-electron chi connectivity index (χ0n) is 7.87. The van der Waals surface area contributed by atoms with Gasteiger partial charge in [0.25, 0.3) is 0 Å². The van der Waals surface area contributed by atoms with Gasteiger partial charge in [0.15, 0.2) is 0 Å². The van der Waals surface area contributed by atoms with Crippen LogP contribution in [0.15, 0.2) is 0 Å². The monoisotopic (exact) mass is 185 g/mol. The van der Waals surface area contributed by atoms with E-state index < -0.39 is 0 Å². The molecule has 68 valence electrons. The second-order valence-electron chi connectivity index (χ2n) is 2.90. The van der Waals surface area contributed by atoms with Crippen LogP contribution in [-0.4, -0.2) is 22.9 Å². The third-order valence-corrected chi connectivity index (χ3v) is 2.61. The average molecular weight is 185 g/mol. The number of nitrogens with zero attached hydrogens (tertiary/aromatic N) is 3. The highest BCUT2D eigenvalue weighted by atomic mass is 32.1. The second-order valence-corrected chi connectivity index (χ2v) is 3.63. The van der Waals surface area contributed by atoms with E-state index in [1.165, 1.54) is 24.4 Å². The van der Waals surface area contributed by atoms with Gasteiger partial charge in [0.05, 0.1) is 0 Å². The quantitative estimate of drug-likeness (QED) is 0.719. The molecule has 0 saturated carbocycles. The molecule has 0 aliphatic carbocycles. The summed E-state index contributed by atoms with van der Waals surface area (Å²) in [5.74, 6) is 0.873. The Morgan fingerprint density at radius 3 is 2.75 bits per heavy atom. The molecule has 1 rings (SSSR count). The number of hydrogen-bond acceptors (Lipinski definition) is 4. The van der Waals surface area contributed by atoms with Gasteiger partial charge in [0.2, 0.25) is 5.13 Å². The first kappa shape index (κ1) is 9.45. The van der Waals surface area contributed by atoms with E-state index in [4.69, 9.17) is 0 Å². The van der Waals surface area contributed by atoms with Gasteiger partial charge < -0.3 is 4.90 Å². The molecule has 0 aliphatic heterocycles. The minimum atomic E-state index is 0.873. The van der Waals surface area contributed by atoms with Crippen molar-refractivity contribution < 1.29 is 0 Å². The zero-order valence-corrected chi connectivity index (χ0v) is 8.69. The van der Waals surface area contributed by atoms with Crippen LogP contribution in [0.25, 0.3) is 0 Å². The number of unbranched alkanes of at least 4 members (excludes halogenated alkanes) is 1. The molecular formula is C8H15N3S. The molecule has 0 spiro atoms. The Bertz CT molecular complexity index is 234. The van der Waals surface area contributed by atoms with Crippen LogP contribution in [-0.2, 0) is 0 Å². The summed E-state index contributed by atoms with van der Waals surface area (Å²) in [6.07, 6.45) is 2.44. The summed E-state index contributed by atoms with van der Waals surface area (Å²) in [6, 6.07) is 0. The first-order chi connectivity index (χ1) is 5.74. The maximum Gasteiger partial charge on any atom is 0.204 e. The predicted octanol–water partition coefficient (Wildman–Crippen LogP) is 2.08. The van der Waals surface area contributed by atoms with E-state index in [-0.39, 0.29) is 0 Å². The lowest BCUT2D eigenvalue weighted by molar-refractivity contribution is 0.764. The fourth-order valence-corrected chi connectivity index (χ4v) is 1.59.